The minimum absolute atomic E-state index is 0.180. The number of sulfonamides is 1. The molecule has 4 rings (SSSR count). The molecule has 0 aromatic carbocycles. The summed E-state index contributed by atoms with van der Waals surface area (Å²) in [5.74, 6) is 0. The molecule has 2 aromatic heterocycles. The van der Waals surface area contributed by atoms with Crippen molar-refractivity contribution in [3.8, 4) is 0 Å². The highest BCUT2D eigenvalue weighted by atomic mass is 32.2. The largest absolute Gasteiger partial charge is 0.371 e. The molecule has 0 radical (unpaired) electrons. The lowest BCUT2D eigenvalue weighted by Crippen LogP contribution is -2.35. The van der Waals surface area contributed by atoms with Crippen molar-refractivity contribution >= 4 is 21.4 Å². The average molecular weight is 340 g/mol. The molecular weight excluding hydrogens is 324 g/mol. The van der Waals surface area contributed by atoms with Gasteiger partial charge in [-0.05, 0) is 17.9 Å². The Hall–Kier alpha value is -1.29. The molecule has 0 saturated carbocycles. The number of aromatic nitrogens is 3. The lowest BCUT2D eigenvalue weighted by atomic mass is 9.97. The van der Waals surface area contributed by atoms with Gasteiger partial charge in [-0.15, -0.1) is 21.5 Å². The Labute approximate surface area is 132 Å². The number of nitrogens with zero attached hydrogens (tertiary/aromatic N) is 4. The molecule has 2 saturated heterocycles. The van der Waals surface area contributed by atoms with Gasteiger partial charge < -0.3 is 9.30 Å². The maximum Gasteiger partial charge on any atom is 0.252 e. The van der Waals surface area contributed by atoms with Crippen LogP contribution in [0, 0.1) is 0 Å². The van der Waals surface area contributed by atoms with Gasteiger partial charge in [0.15, 0.2) is 0 Å². The third-order valence-electron chi connectivity index (χ3n) is 4.42. The summed E-state index contributed by atoms with van der Waals surface area (Å²) in [5.41, 5.74) is -0.376. The van der Waals surface area contributed by atoms with E-state index in [4.69, 9.17) is 4.74 Å². The van der Waals surface area contributed by atoms with E-state index in [0.717, 1.165) is 12.8 Å². The van der Waals surface area contributed by atoms with Crippen molar-refractivity contribution in [3.63, 3.8) is 0 Å². The van der Waals surface area contributed by atoms with Crippen LogP contribution in [0.3, 0.4) is 0 Å². The minimum Gasteiger partial charge on any atom is -0.371 e. The monoisotopic (exact) mass is 340 g/mol. The first-order chi connectivity index (χ1) is 10.6. The molecule has 0 bridgehead atoms. The van der Waals surface area contributed by atoms with Gasteiger partial charge in [-0.25, -0.2) is 8.42 Å². The van der Waals surface area contributed by atoms with E-state index in [2.05, 4.69) is 10.2 Å². The first kappa shape index (κ1) is 14.3. The Morgan fingerprint density at radius 1 is 1.36 bits per heavy atom. The van der Waals surface area contributed by atoms with Gasteiger partial charge >= 0.3 is 0 Å². The molecule has 2 aliphatic rings. The second kappa shape index (κ2) is 5.12. The van der Waals surface area contributed by atoms with Crippen LogP contribution in [0.4, 0.5) is 0 Å². The molecule has 0 N–H and O–H groups in total. The second-order valence-corrected chi connectivity index (χ2v) is 8.89. The summed E-state index contributed by atoms with van der Waals surface area (Å²) in [5, 5.41) is 9.43. The van der Waals surface area contributed by atoms with Gasteiger partial charge in [-0.3, -0.25) is 0 Å². The zero-order valence-corrected chi connectivity index (χ0v) is 13.5. The third kappa shape index (κ3) is 2.28. The van der Waals surface area contributed by atoms with Crippen LogP contribution in [-0.2, 0) is 14.8 Å². The normalized spacial score (nSPS) is 29.5. The third-order valence-corrected chi connectivity index (χ3v) is 7.64. The Morgan fingerprint density at radius 2 is 2.18 bits per heavy atom. The quantitative estimate of drug-likeness (QED) is 0.837. The van der Waals surface area contributed by atoms with Crippen molar-refractivity contribution in [2.45, 2.75) is 28.7 Å². The van der Waals surface area contributed by atoms with Crippen LogP contribution in [0.1, 0.15) is 18.9 Å². The van der Waals surface area contributed by atoms with E-state index < -0.39 is 10.0 Å². The van der Waals surface area contributed by atoms with Gasteiger partial charge in [-0.1, -0.05) is 6.07 Å². The van der Waals surface area contributed by atoms with E-state index in [1.54, 1.807) is 34.5 Å². The summed E-state index contributed by atoms with van der Waals surface area (Å²) in [6.07, 6.45) is 4.89. The highest BCUT2D eigenvalue weighted by molar-refractivity contribution is 7.91. The first-order valence-electron chi connectivity index (χ1n) is 7.11. The van der Waals surface area contributed by atoms with Crippen LogP contribution >= 0.6 is 11.3 Å². The topological polar surface area (TPSA) is 77.3 Å². The maximum atomic E-state index is 12.6. The van der Waals surface area contributed by atoms with Crippen molar-refractivity contribution in [1.82, 2.24) is 19.1 Å². The molecule has 0 amide bonds. The number of thiophene rings is 1. The Bertz CT molecular complexity index is 744. The standard InChI is InChI=1S/C13H16N4O3S2/c18-22(19,12-2-1-5-21-12)17-4-3-13(8-17)6-11(7-20-13)16-9-14-15-10-16/h1-2,5,9-11H,3-4,6-8H2. The van der Waals surface area contributed by atoms with Crippen molar-refractivity contribution in [3.05, 3.63) is 30.2 Å². The van der Waals surface area contributed by atoms with E-state index in [9.17, 15) is 8.42 Å². The molecule has 2 unspecified atom stereocenters. The van der Waals surface area contributed by atoms with Crippen molar-refractivity contribution in [2.75, 3.05) is 19.7 Å². The molecule has 2 atom stereocenters. The first-order valence-corrected chi connectivity index (χ1v) is 9.43. The van der Waals surface area contributed by atoms with E-state index >= 15 is 0 Å². The van der Waals surface area contributed by atoms with Crippen LogP contribution in [0.25, 0.3) is 0 Å². The SMILES string of the molecule is O=S(=O)(c1cccs1)N1CCC2(CC(n3cnnc3)CO2)C1. The molecule has 2 aliphatic heterocycles. The number of hydrogen-bond acceptors (Lipinski definition) is 6. The molecule has 22 heavy (non-hydrogen) atoms. The molecule has 1 spiro atoms. The van der Waals surface area contributed by atoms with Crippen LogP contribution in [0.2, 0.25) is 0 Å². The fourth-order valence-corrected chi connectivity index (χ4v) is 5.90. The van der Waals surface area contributed by atoms with E-state index in [1.807, 2.05) is 4.57 Å². The summed E-state index contributed by atoms with van der Waals surface area (Å²) in [7, 11) is -3.39. The second-order valence-electron chi connectivity index (χ2n) is 5.78. The summed E-state index contributed by atoms with van der Waals surface area (Å²) in [4.78, 5) is 0. The van der Waals surface area contributed by atoms with Gasteiger partial charge in [0.1, 0.15) is 16.9 Å². The summed E-state index contributed by atoms with van der Waals surface area (Å²) in [6, 6.07) is 3.59. The molecule has 2 aromatic rings. The summed E-state index contributed by atoms with van der Waals surface area (Å²) in [6.45, 7) is 1.51. The predicted molar refractivity (Wildman–Crippen MR) is 80.1 cm³/mol. The minimum atomic E-state index is -3.39. The molecule has 0 aliphatic carbocycles. The van der Waals surface area contributed by atoms with Gasteiger partial charge in [0.2, 0.25) is 0 Å². The highest BCUT2D eigenvalue weighted by Crippen LogP contribution is 2.41. The zero-order valence-electron chi connectivity index (χ0n) is 11.8. The molecule has 4 heterocycles. The molecule has 9 heteroatoms. The van der Waals surface area contributed by atoms with Gasteiger partial charge in [0.05, 0.1) is 18.2 Å². The molecular formula is C13H16N4O3S2. The lowest BCUT2D eigenvalue weighted by Gasteiger charge is -2.23. The predicted octanol–water partition coefficient (Wildman–Crippen LogP) is 1.13. The average Bonchev–Trinajstić information content (AvgIpc) is 3.30. The fraction of sp³-hybridized carbons (Fsp3) is 0.538. The molecule has 2 fully saturated rings. The van der Waals surface area contributed by atoms with Gasteiger partial charge in [0.25, 0.3) is 10.0 Å². The smallest absolute Gasteiger partial charge is 0.252 e. The van der Waals surface area contributed by atoms with Crippen molar-refractivity contribution < 1.29 is 13.2 Å². The molecule has 118 valence electrons. The van der Waals surface area contributed by atoms with Crippen molar-refractivity contribution in [1.29, 1.82) is 0 Å². The Balaban J connectivity index is 1.51. The van der Waals surface area contributed by atoms with E-state index in [-0.39, 0.29) is 11.6 Å². The van der Waals surface area contributed by atoms with Crippen molar-refractivity contribution in [2.24, 2.45) is 0 Å². The summed E-state index contributed by atoms with van der Waals surface area (Å²) >= 11 is 1.26. The van der Waals surface area contributed by atoms with Crippen LogP contribution < -0.4 is 0 Å². The fourth-order valence-electron chi connectivity index (χ4n) is 3.24. The molecule has 7 nitrogen and oxygen atoms in total. The Morgan fingerprint density at radius 3 is 2.91 bits per heavy atom. The van der Waals surface area contributed by atoms with Crippen LogP contribution in [0.15, 0.2) is 34.4 Å². The maximum absolute atomic E-state index is 12.6. The summed E-state index contributed by atoms with van der Waals surface area (Å²) < 4.78 is 35.1. The zero-order chi connectivity index (χ0) is 15.2. The van der Waals surface area contributed by atoms with Gasteiger partial charge in [-0.2, -0.15) is 4.31 Å². The number of rotatable bonds is 3. The van der Waals surface area contributed by atoms with Gasteiger partial charge in [0, 0.05) is 19.5 Å². The van der Waals surface area contributed by atoms with E-state index in [1.165, 1.54) is 11.3 Å². The number of ether oxygens (including phenoxy) is 1. The van der Waals surface area contributed by atoms with Crippen LogP contribution in [0.5, 0.6) is 0 Å². The van der Waals surface area contributed by atoms with Crippen LogP contribution in [-0.4, -0.2) is 52.8 Å². The van der Waals surface area contributed by atoms with E-state index in [0.29, 0.717) is 23.9 Å². The highest BCUT2D eigenvalue weighted by Gasteiger charge is 2.49. The lowest BCUT2D eigenvalue weighted by molar-refractivity contribution is 0.0165. The Kier molecular flexibility index (Phi) is 3.33. The number of hydrogen-bond donors (Lipinski definition) is 0.